The van der Waals surface area contributed by atoms with E-state index in [1.807, 2.05) is 12.1 Å². The average molecular weight is 396 g/mol. The van der Waals surface area contributed by atoms with E-state index in [0.717, 1.165) is 5.56 Å². The fraction of sp³-hybridized carbons (Fsp3) is 0.579. The second-order valence-corrected chi connectivity index (χ2v) is 6.47. The normalized spacial score (nSPS) is 32.1. The molecule has 3 rings (SSSR count). The van der Waals surface area contributed by atoms with Crippen LogP contribution >= 0.6 is 0 Å². The quantitative estimate of drug-likeness (QED) is 0.683. The minimum Gasteiger partial charge on any atom is -0.497 e. The third-order valence-corrected chi connectivity index (χ3v) is 4.51. The largest absolute Gasteiger partial charge is 0.497 e. The van der Waals surface area contributed by atoms with Gasteiger partial charge < -0.3 is 33.2 Å². The first-order valence-corrected chi connectivity index (χ1v) is 8.86. The van der Waals surface area contributed by atoms with Crippen molar-refractivity contribution in [2.45, 2.75) is 50.8 Å². The zero-order valence-electron chi connectivity index (χ0n) is 16.2. The minimum atomic E-state index is -0.970. The van der Waals surface area contributed by atoms with Crippen LogP contribution in [0.25, 0.3) is 0 Å². The second-order valence-electron chi connectivity index (χ2n) is 6.47. The van der Waals surface area contributed by atoms with Gasteiger partial charge in [-0.25, -0.2) is 0 Å². The van der Waals surface area contributed by atoms with Gasteiger partial charge >= 0.3 is 11.9 Å². The first-order chi connectivity index (χ1) is 13.4. The van der Waals surface area contributed by atoms with Crippen LogP contribution in [0.3, 0.4) is 0 Å². The Labute approximate surface area is 162 Å². The van der Waals surface area contributed by atoms with Gasteiger partial charge in [0.05, 0.1) is 13.7 Å². The summed E-state index contributed by atoms with van der Waals surface area (Å²) in [5.41, 5.74) is 0.763. The van der Waals surface area contributed by atoms with E-state index in [0.29, 0.717) is 5.75 Å². The minimum absolute atomic E-state index is 0.186. The number of benzene rings is 1. The number of rotatable bonds is 5. The van der Waals surface area contributed by atoms with Crippen LogP contribution < -0.4 is 4.74 Å². The van der Waals surface area contributed by atoms with Crippen molar-refractivity contribution >= 4 is 11.9 Å². The van der Waals surface area contributed by atoms with Crippen LogP contribution in [0, 0.1) is 0 Å². The van der Waals surface area contributed by atoms with Crippen LogP contribution in [0.5, 0.6) is 5.75 Å². The van der Waals surface area contributed by atoms with E-state index in [1.54, 1.807) is 19.2 Å². The average Bonchev–Trinajstić information content (AvgIpc) is 2.68. The maximum atomic E-state index is 11.7. The number of fused-ring (bicyclic) bond motifs is 1. The highest BCUT2D eigenvalue weighted by atomic mass is 16.8. The Morgan fingerprint density at radius 1 is 0.964 bits per heavy atom. The molecule has 9 heteroatoms. The predicted molar refractivity (Wildman–Crippen MR) is 93.3 cm³/mol. The molecule has 2 saturated heterocycles. The van der Waals surface area contributed by atoms with E-state index in [1.165, 1.54) is 21.0 Å². The molecule has 0 amide bonds. The van der Waals surface area contributed by atoms with E-state index in [-0.39, 0.29) is 6.61 Å². The lowest BCUT2D eigenvalue weighted by molar-refractivity contribution is -0.359. The SMILES string of the molecule is COc1ccc(C2OCC3OC(OC)C(OC(C)=O)C(OC(C)=O)C3O2)cc1. The molecule has 6 unspecified atom stereocenters. The standard InChI is InChI=1S/C19H24O9/c1-10(20)25-16-15-14(27-19(23-4)17(16)26-11(2)21)9-24-18(28-15)12-5-7-13(22-3)8-6-12/h5-8,14-19H,9H2,1-4H3. The van der Waals surface area contributed by atoms with E-state index in [2.05, 4.69) is 0 Å². The summed E-state index contributed by atoms with van der Waals surface area (Å²) in [7, 11) is 2.99. The van der Waals surface area contributed by atoms with Gasteiger partial charge in [0, 0.05) is 26.5 Å². The van der Waals surface area contributed by atoms with Crippen LogP contribution in [-0.4, -0.2) is 63.5 Å². The number of carbonyl (C=O) groups excluding carboxylic acids is 2. The van der Waals surface area contributed by atoms with Crippen molar-refractivity contribution in [2.75, 3.05) is 20.8 Å². The number of ether oxygens (including phenoxy) is 7. The van der Waals surface area contributed by atoms with Gasteiger partial charge in [0.15, 0.2) is 24.8 Å². The van der Waals surface area contributed by atoms with Crippen LogP contribution in [0.1, 0.15) is 25.7 Å². The lowest BCUT2D eigenvalue weighted by Gasteiger charge is -2.47. The summed E-state index contributed by atoms with van der Waals surface area (Å²) >= 11 is 0. The van der Waals surface area contributed by atoms with E-state index in [9.17, 15) is 9.59 Å². The van der Waals surface area contributed by atoms with Crippen molar-refractivity contribution < 1.29 is 42.7 Å². The molecule has 1 aromatic carbocycles. The summed E-state index contributed by atoms with van der Waals surface area (Å²) in [6, 6.07) is 7.21. The lowest BCUT2D eigenvalue weighted by atomic mass is 9.97. The van der Waals surface area contributed by atoms with Crippen LogP contribution in [0.15, 0.2) is 24.3 Å². The Morgan fingerprint density at radius 2 is 1.61 bits per heavy atom. The Kier molecular flexibility index (Phi) is 6.50. The molecule has 6 atom stereocenters. The lowest BCUT2D eigenvalue weighted by Crippen LogP contribution is -2.64. The third kappa shape index (κ3) is 4.44. The van der Waals surface area contributed by atoms with Crippen molar-refractivity contribution in [2.24, 2.45) is 0 Å². The number of esters is 2. The molecule has 0 spiro atoms. The first-order valence-electron chi connectivity index (χ1n) is 8.86. The molecular formula is C19H24O9. The fourth-order valence-electron chi connectivity index (χ4n) is 3.31. The van der Waals surface area contributed by atoms with Crippen LogP contribution in [0.2, 0.25) is 0 Å². The highest BCUT2D eigenvalue weighted by Crippen LogP contribution is 2.36. The monoisotopic (exact) mass is 396 g/mol. The topological polar surface area (TPSA) is 98.8 Å². The van der Waals surface area contributed by atoms with E-state index < -0.39 is 48.9 Å². The van der Waals surface area contributed by atoms with Crippen molar-refractivity contribution in [3.8, 4) is 5.75 Å². The molecule has 2 aliphatic rings. The van der Waals surface area contributed by atoms with Crippen molar-refractivity contribution in [3.05, 3.63) is 29.8 Å². The molecule has 0 bridgehead atoms. The van der Waals surface area contributed by atoms with Crippen molar-refractivity contribution in [1.29, 1.82) is 0 Å². The highest BCUT2D eigenvalue weighted by Gasteiger charge is 2.53. The maximum Gasteiger partial charge on any atom is 0.303 e. The molecule has 0 aromatic heterocycles. The number of hydrogen-bond acceptors (Lipinski definition) is 9. The molecule has 0 N–H and O–H groups in total. The van der Waals surface area contributed by atoms with E-state index in [4.69, 9.17) is 33.2 Å². The van der Waals surface area contributed by atoms with Crippen LogP contribution in [-0.2, 0) is 38.0 Å². The molecule has 0 radical (unpaired) electrons. The summed E-state index contributed by atoms with van der Waals surface area (Å²) in [6.07, 6.45) is -4.77. The smallest absolute Gasteiger partial charge is 0.303 e. The summed E-state index contributed by atoms with van der Waals surface area (Å²) in [5.74, 6) is -0.382. The summed E-state index contributed by atoms with van der Waals surface area (Å²) in [4.78, 5) is 23.2. The second kappa shape index (κ2) is 8.87. The Balaban J connectivity index is 1.84. The van der Waals surface area contributed by atoms with E-state index >= 15 is 0 Å². The first kappa shape index (κ1) is 20.5. The zero-order valence-corrected chi connectivity index (χ0v) is 16.2. The Morgan fingerprint density at radius 3 is 2.18 bits per heavy atom. The molecule has 1 aromatic rings. The number of carbonyl (C=O) groups is 2. The predicted octanol–water partition coefficient (Wildman–Crippen LogP) is 1.34. The molecule has 154 valence electrons. The zero-order chi connectivity index (χ0) is 20.3. The molecule has 28 heavy (non-hydrogen) atoms. The van der Waals surface area contributed by atoms with Gasteiger partial charge in [0.2, 0.25) is 0 Å². The molecule has 9 nitrogen and oxygen atoms in total. The number of hydrogen-bond donors (Lipinski definition) is 0. The van der Waals surface area contributed by atoms with Gasteiger partial charge in [-0.2, -0.15) is 0 Å². The highest BCUT2D eigenvalue weighted by molar-refractivity contribution is 5.67. The molecular weight excluding hydrogens is 372 g/mol. The van der Waals surface area contributed by atoms with Gasteiger partial charge in [-0.3, -0.25) is 9.59 Å². The van der Waals surface area contributed by atoms with Gasteiger partial charge in [0.25, 0.3) is 0 Å². The molecule has 0 aliphatic carbocycles. The van der Waals surface area contributed by atoms with Gasteiger partial charge in [-0.05, 0) is 12.1 Å². The molecule has 0 saturated carbocycles. The maximum absolute atomic E-state index is 11.7. The Hall–Kier alpha value is -2.20. The summed E-state index contributed by atoms with van der Waals surface area (Å²) in [5, 5.41) is 0. The van der Waals surface area contributed by atoms with Crippen molar-refractivity contribution in [3.63, 3.8) is 0 Å². The molecule has 2 fully saturated rings. The molecule has 2 aliphatic heterocycles. The number of methoxy groups -OCH3 is 2. The van der Waals surface area contributed by atoms with Gasteiger partial charge in [-0.1, -0.05) is 12.1 Å². The third-order valence-electron chi connectivity index (χ3n) is 4.51. The van der Waals surface area contributed by atoms with Gasteiger partial charge in [-0.15, -0.1) is 0 Å². The Bertz CT molecular complexity index is 689. The summed E-state index contributed by atoms with van der Waals surface area (Å²) < 4.78 is 38.9. The fourth-order valence-corrected chi connectivity index (χ4v) is 3.31. The summed E-state index contributed by atoms with van der Waals surface area (Å²) in [6.45, 7) is 2.72. The van der Waals surface area contributed by atoms with Crippen molar-refractivity contribution in [1.82, 2.24) is 0 Å². The van der Waals surface area contributed by atoms with Gasteiger partial charge in [0.1, 0.15) is 18.0 Å². The molecule has 2 heterocycles. The van der Waals surface area contributed by atoms with Crippen LogP contribution in [0.4, 0.5) is 0 Å².